The zero-order chi connectivity index (χ0) is 18.5. The first-order chi connectivity index (χ1) is 12.6. The number of halogens is 2. The van der Waals surface area contributed by atoms with Gasteiger partial charge < -0.3 is 10.2 Å². The molecule has 0 saturated heterocycles. The second kappa shape index (κ2) is 8.29. The van der Waals surface area contributed by atoms with E-state index in [0.29, 0.717) is 22.5 Å². The molecule has 130 valence electrons. The molecule has 0 aliphatic carbocycles. The third-order valence-corrected chi connectivity index (χ3v) is 4.87. The number of aromatic hydroxyl groups is 2. The third-order valence-electron chi connectivity index (χ3n) is 3.59. The standard InChI is InChI=1S/C20H14Br2N2O2/c21-15-9-10-16(22)20(24-12-14-6-2-4-8-18(14)26)19(15)23-11-13-5-1-3-7-17(13)25/h1-12,25-26H. The van der Waals surface area contributed by atoms with Gasteiger partial charge in [-0.25, -0.2) is 0 Å². The highest BCUT2D eigenvalue weighted by Crippen LogP contribution is 2.41. The van der Waals surface area contributed by atoms with E-state index in [2.05, 4.69) is 41.8 Å². The molecule has 0 aliphatic rings. The van der Waals surface area contributed by atoms with Gasteiger partial charge in [-0.1, -0.05) is 24.3 Å². The van der Waals surface area contributed by atoms with Gasteiger partial charge in [0.15, 0.2) is 0 Å². The summed E-state index contributed by atoms with van der Waals surface area (Å²) in [5.74, 6) is 0.309. The molecular weight excluding hydrogens is 460 g/mol. The van der Waals surface area contributed by atoms with Crippen molar-refractivity contribution < 1.29 is 10.2 Å². The van der Waals surface area contributed by atoms with Crippen LogP contribution in [0.5, 0.6) is 11.5 Å². The average Bonchev–Trinajstić information content (AvgIpc) is 2.64. The summed E-state index contributed by atoms with van der Waals surface area (Å²) in [5, 5.41) is 19.8. The van der Waals surface area contributed by atoms with Gasteiger partial charge in [0.25, 0.3) is 0 Å². The third kappa shape index (κ3) is 4.20. The van der Waals surface area contributed by atoms with E-state index in [4.69, 9.17) is 0 Å². The summed E-state index contributed by atoms with van der Waals surface area (Å²) in [6.45, 7) is 0. The summed E-state index contributed by atoms with van der Waals surface area (Å²) in [6.07, 6.45) is 3.17. The lowest BCUT2D eigenvalue weighted by Crippen LogP contribution is -1.84. The molecule has 0 aromatic heterocycles. The van der Waals surface area contributed by atoms with Crippen LogP contribution in [0.2, 0.25) is 0 Å². The van der Waals surface area contributed by atoms with Gasteiger partial charge >= 0.3 is 0 Å². The van der Waals surface area contributed by atoms with Crippen LogP contribution in [0, 0.1) is 0 Å². The molecule has 0 aliphatic heterocycles. The largest absolute Gasteiger partial charge is 0.507 e. The quantitative estimate of drug-likeness (QED) is 0.448. The van der Waals surface area contributed by atoms with Gasteiger partial charge in [-0.3, -0.25) is 9.98 Å². The van der Waals surface area contributed by atoms with E-state index in [1.54, 1.807) is 48.8 Å². The summed E-state index contributed by atoms with van der Waals surface area (Å²) in [4.78, 5) is 8.99. The Balaban J connectivity index is 2.02. The van der Waals surface area contributed by atoms with E-state index in [1.807, 2.05) is 24.3 Å². The molecule has 0 spiro atoms. The first kappa shape index (κ1) is 18.4. The molecule has 3 aromatic carbocycles. The minimum absolute atomic E-state index is 0.154. The molecule has 6 heteroatoms. The monoisotopic (exact) mass is 472 g/mol. The van der Waals surface area contributed by atoms with Crippen LogP contribution in [-0.2, 0) is 0 Å². The molecule has 0 atom stereocenters. The van der Waals surface area contributed by atoms with Crippen LogP contribution in [0.15, 0.2) is 79.6 Å². The maximum absolute atomic E-state index is 9.89. The van der Waals surface area contributed by atoms with Crippen molar-refractivity contribution in [2.45, 2.75) is 0 Å². The molecule has 4 nitrogen and oxygen atoms in total. The molecule has 0 amide bonds. The van der Waals surface area contributed by atoms with Gasteiger partial charge in [0.1, 0.15) is 22.9 Å². The maximum Gasteiger partial charge on any atom is 0.124 e. The molecule has 0 unspecified atom stereocenters. The Morgan fingerprint density at radius 3 is 1.38 bits per heavy atom. The Hall–Kier alpha value is -2.44. The molecule has 0 radical (unpaired) electrons. The molecule has 0 bridgehead atoms. The zero-order valence-corrected chi connectivity index (χ0v) is 16.6. The molecule has 3 rings (SSSR count). The van der Waals surface area contributed by atoms with Crippen molar-refractivity contribution in [2.75, 3.05) is 0 Å². The van der Waals surface area contributed by atoms with Crippen molar-refractivity contribution >= 4 is 55.7 Å². The predicted octanol–water partition coefficient (Wildman–Crippen LogP) is 6.12. The number of phenolic OH excluding ortho intramolecular Hbond substituents is 2. The van der Waals surface area contributed by atoms with Crippen molar-refractivity contribution in [2.24, 2.45) is 9.98 Å². The smallest absolute Gasteiger partial charge is 0.124 e. The van der Waals surface area contributed by atoms with Gasteiger partial charge in [0.05, 0.1) is 0 Å². The minimum atomic E-state index is 0.154. The van der Waals surface area contributed by atoms with Crippen LogP contribution in [0.4, 0.5) is 11.4 Å². The number of nitrogens with zero attached hydrogens (tertiary/aromatic N) is 2. The molecular formula is C20H14Br2N2O2. The molecule has 0 fully saturated rings. The van der Waals surface area contributed by atoms with Crippen molar-refractivity contribution in [3.05, 3.63) is 80.7 Å². The van der Waals surface area contributed by atoms with Gasteiger partial charge in [-0.15, -0.1) is 0 Å². The Morgan fingerprint density at radius 2 is 1.00 bits per heavy atom. The van der Waals surface area contributed by atoms with E-state index in [9.17, 15) is 10.2 Å². The normalized spacial score (nSPS) is 11.5. The molecule has 3 aromatic rings. The van der Waals surface area contributed by atoms with E-state index in [-0.39, 0.29) is 11.5 Å². The Labute approximate surface area is 167 Å². The summed E-state index contributed by atoms with van der Waals surface area (Å²) in [6, 6.07) is 17.6. The van der Waals surface area contributed by atoms with E-state index < -0.39 is 0 Å². The SMILES string of the molecule is Oc1ccccc1C=Nc1c(Br)ccc(Br)c1N=Cc1ccccc1O. The Morgan fingerprint density at radius 1 is 0.615 bits per heavy atom. The Kier molecular flexibility index (Phi) is 5.85. The second-order valence-corrected chi connectivity index (χ2v) is 7.07. The lowest BCUT2D eigenvalue weighted by atomic mass is 10.2. The minimum Gasteiger partial charge on any atom is -0.507 e. The number of phenols is 2. The van der Waals surface area contributed by atoms with E-state index in [0.717, 1.165) is 8.95 Å². The van der Waals surface area contributed by atoms with Gasteiger partial charge in [-0.05, 0) is 68.3 Å². The number of benzene rings is 3. The van der Waals surface area contributed by atoms with Crippen molar-refractivity contribution in [3.63, 3.8) is 0 Å². The lowest BCUT2D eigenvalue weighted by molar-refractivity contribution is 0.474. The van der Waals surface area contributed by atoms with Crippen LogP contribution in [0.3, 0.4) is 0 Å². The molecule has 26 heavy (non-hydrogen) atoms. The van der Waals surface area contributed by atoms with Crippen LogP contribution in [0.25, 0.3) is 0 Å². The lowest BCUT2D eigenvalue weighted by Gasteiger charge is -2.06. The fourth-order valence-corrected chi connectivity index (χ4v) is 3.08. The first-order valence-electron chi connectivity index (χ1n) is 7.68. The number of hydrogen-bond acceptors (Lipinski definition) is 4. The van der Waals surface area contributed by atoms with Gasteiger partial charge in [0.2, 0.25) is 0 Å². The Bertz CT molecular complexity index is 920. The van der Waals surface area contributed by atoms with Crippen molar-refractivity contribution in [1.82, 2.24) is 0 Å². The highest BCUT2D eigenvalue weighted by atomic mass is 79.9. The fourth-order valence-electron chi connectivity index (χ4n) is 2.24. The van der Waals surface area contributed by atoms with Crippen LogP contribution in [-0.4, -0.2) is 22.6 Å². The number of para-hydroxylation sites is 2. The fraction of sp³-hybridized carbons (Fsp3) is 0. The predicted molar refractivity (Wildman–Crippen MR) is 113 cm³/mol. The number of hydrogen-bond donors (Lipinski definition) is 2. The molecule has 0 saturated carbocycles. The topological polar surface area (TPSA) is 65.2 Å². The van der Waals surface area contributed by atoms with Crippen LogP contribution in [0.1, 0.15) is 11.1 Å². The van der Waals surface area contributed by atoms with Gasteiger partial charge in [-0.2, -0.15) is 0 Å². The highest BCUT2D eigenvalue weighted by Gasteiger charge is 2.10. The van der Waals surface area contributed by atoms with E-state index >= 15 is 0 Å². The molecule has 2 N–H and O–H groups in total. The molecule has 0 heterocycles. The average molecular weight is 474 g/mol. The summed E-state index contributed by atoms with van der Waals surface area (Å²) in [5.41, 5.74) is 2.42. The maximum atomic E-state index is 9.89. The van der Waals surface area contributed by atoms with E-state index in [1.165, 1.54) is 0 Å². The summed E-state index contributed by atoms with van der Waals surface area (Å²) in [7, 11) is 0. The van der Waals surface area contributed by atoms with Crippen LogP contribution < -0.4 is 0 Å². The van der Waals surface area contributed by atoms with Crippen molar-refractivity contribution in [3.8, 4) is 11.5 Å². The second-order valence-electron chi connectivity index (χ2n) is 5.36. The number of aliphatic imine (C=N–C) groups is 2. The van der Waals surface area contributed by atoms with Crippen LogP contribution >= 0.6 is 31.9 Å². The summed E-state index contributed by atoms with van der Waals surface area (Å²) < 4.78 is 1.52. The van der Waals surface area contributed by atoms with Crippen molar-refractivity contribution in [1.29, 1.82) is 0 Å². The summed E-state index contributed by atoms with van der Waals surface area (Å²) >= 11 is 6.99. The van der Waals surface area contributed by atoms with Gasteiger partial charge in [0, 0.05) is 32.5 Å². The first-order valence-corrected chi connectivity index (χ1v) is 9.27. The number of rotatable bonds is 4. The zero-order valence-electron chi connectivity index (χ0n) is 13.5. The highest BCUT2D eigenvalue weighted by molar-refractivity contribution is 9.11.